The quantitative estimate of drug-likeness (QED) is 0.351. The Morgan fingerprint density at radius 2 is 2.25 bits per heavy atom. The molecule has 0 spiro atoms. The van der Waals surface area contributed by atoms with Gasteiger partial charge in [0, 0.05) is 19.3 Å². The lowest BCUT2D eigenvalue weighted by Gasteiger charge is -2.05. The Kier molecular flexibility index (Phi) is 4.40. The molecule has 2 aromatic heterocycles. The number of thioether (sulfide) groups is 1. The lowest BCUT2D eigenvalue weighted by molar-refractivity contribution is -0.118. The van der Waals surface area contributed by atoms with E-state index in [1.165, 1.54) is 11.8 Å². The molecule has 0 aliphatic carbocycles. The molecular weight excluding hydrogens is 278 g/mol. The van der Waals surface area contributed by atoms with Crippen molar-refractivity contribution in [1.29, 1.82) is 0 Å². The smallest absolute Gasteiger partial charge is 0.244 e. The average Bonchev–Trinajstić information content (AvgIpc) is 2.99. The normalized spacial score (nSPS) is 10.8. The molecule has 1 amide bonds. The van der Waals surface area contributed by atoms with Crippen LogP contribution in [0.2, 0.25) is 0 Å². The van der Waals surface area contributed by atoms with Gasteiger partial charge in [0.2, 0.25) is 5.91 Å². The Bertz CT molecular complexity index is 599. The van der Waals surface area contributed by atoms with E-state index in [1.807, 2.05) is 31.5 Å². The van der Waals surface area contributed by atoms with Crippen molar-refractivity contribution in [3.8, 4) is 11.5 Å². The first-order chi connectivity index (χ1) is 9.56. The van der Waals surface area contributed by atoms with E-state index in [-0.39, 0.29) is 11.7 Å². The van der Waals surface area contributed by atoms with Gasteiger partial charge in [0.05, 0.1) is 5.75 Å². The lowest BCUT2D eigenvalue weighted by Crippen LogP contribution is -2.31. The number of carbonyl (C=O) groups is 1. The van der Waals surface area contributed by atoms with Crippen LogP contribution in [0.4, 0.5) is 0 Å². The Morgan fingerprint density at radius 1 is 1.50 bits per heavy atom. The molecule has 0 fully saturated rings. The van der Waals surface area contributed by atoms with Crippen molar-refractivity contribution in [1.82, 2.24) is 30.0 Å². The van der Waals surface area contributed by atoms with Gasteiger partial charge in [-0.1, -0.05) is 11.8 Å². The number of nitrogens with two attached hydrogens (primary N) is 1. The summed E-state index contributed by atoms with van der Waals surface area (Å²) in [6, 6.07) is 1.96. The van der Waals surface area contributed by atoms with Crippen LogP contribution in [0, 0.1) is 6.92 Å². The van der Waals surface area contributed by atoms with Gasteiger partial charge in [0.1, 0.15) is 5.69 Å². The molecule has 0 radical (unpaired) electrons. The highest BCUT2D eigenvalue weighted by Crippen LogP contribution is 2.23. The molecule has 0 saturated heterocycles. The van der Waals surface area contributed by atoms with Crippen LogP contribution < -0.4 is 11.3 Å². The minimum atomic E-state index is -0.254. The van der Waals surface area contributed by atoms with Gasteiger partial charge in [-0.15, -0.1) is 10.2 Å². The fraction of sp³-hybridized carbons (Fsp3) is 0.455. The standard InChI is InChI=1S/C11H17N7OS/c1-4-18-10(8-5-7(2)17(3)16-8)14-15-11(18)20-6-9(19)13-12/h5H,4,6,12H2,1-3H3,(H,13,19). The predicted molar refractivity (Wildman–Crippen MR) is 75.7 cm³/mol. The van der Waals surface area contributed by atoms with Crippen molar-refractivity contribution in [3.63, 3.8) is 0 Å². The van der Waals surface area contributed by atoms with Crippen LogP contribution in [0.1, 0.15) is 12.6 Å². The van der Waals surface area contributed by atoms with Crippen molar-refractivity contribution in [3.05, 3.63) is 11.8 Å². The number of carbonyl (C=O) groups excluding carboxylic acids is 1. The molecule has 9 heteroatoms. The molecule has 0 unspecified atom stereocenters. The first-order valence-electron chi connectivity index (χ1n) is 6.13. The summed E-state index contributed by atoms with van der Waals surface area (Å²) >= 11 is 1.29. The topological polar surface area (TPSA) is 104 Å². The van der Waals surface area contributed by atoms with Crippen LogP contribution in [-0.2, 0) is 18.4 Å². The number of hydrazine groups is 1. The van der Waals surface area contributed by atoms with Crippen LogP contribution in [0.15, 0.2) is 11.2 Å². The van der Waals surface area contributed by atoms with Crippen molar-refractivity contribution in [2.24, 2.45) is 12.9 Å². The fourth-order valence-corrected chi connectivity index (χ4v) is 2.53. The zero-order chi connectivity index (χ0) is 14.7. The largest absolute Gasteiger partial charge is 0.301 e. The molecule has 0 atom stereocenters. The molecule has 0 aliphatic rings. The zero-order valence-corrected chi connectivity index (χ0v) is 12.4. The maximum atomic E-state index is 11.2. The number of amides is 1. The summed E-state index contributed by atoms with van der Waals surface area (Å²) < 4.78 is 3.72. The third-order valence-electron chi connectivity index (χ3n) is 2.87. The van der Waals surface area contributed by atoms with Gasteiger partial charge in [0.25, 0.3) is 0 Å². The third kappa shape index (κ3) is 2.83. The second-order valence-corrected chi connectivity index (χ2v) is 5.14. The van der Waals surface area contributed by atoms with Gasteiger partial charge < -0.3 is 4.57 Å². The monoisotopic (exact) mass is 295 g/mol. The summed E-state index contributed by atoms with van der Waals surface area (Å²) in [4.78, 5) is 11.2. The minimum Gasteiger partial charge on any atom is -0.301 e. The number of aromatic nitrogens is 5. The predicted octanol–water partition coefficient (Wildman–Crippen LogP) is 0.0889. The van der Waals surface area contributed by atoms with Gasteiger partial charge >= 0.3 is 0 Å². The van der Waals surface area contributed by atoms with Crippen molar-refractivity contribution >= 4 is 17.7 Å². The molecule has 20 heavy (non-hydrogen) atoms. The Balaban J connectivity index is 2.27. The van der Waals surface area contributed by atoms with Crippen molar-refractivity contribution in [2.45, 2.75) is 25.5 Å². The second kappa shape index (κ2) is 6.06. The van der Waals surface area contributed by atoms with Crippen LogP contribution >= 0.6 is 11.8 Å². The second-order valence-electron chi connectivity index (χ2n) is 4.20. The first kappa shape index (κ1) is 14.5. The molecule has 108 valence electrons. The number of rotatable bonds is 5. The number of nitrogens with zero attached hydrogens (tertiary/aromatic N) is 5. The van der Waals surface area contributed by atoms with E-state index in [0.717, 1.165) is 11.4 Å². The number of aryl methyl sites for hydroxylation is 2. The SMILES string of the molecule is CCn1c(SCC(=O)NN)nnc1-c1cc(C)n(C)n1. The van der Waals surface area contributed by atoms with E-state index in [2.05, 4.69) is 20.7 Å². The van der Waals surface area contributed by atoms with E-state index in [4.69, 9.17) is 5.84 Å². The molecule has 8 nitrogen and oxygen atoms in total. The first-order valence-corrected chi connectivity index (χ1v) is 7.11. The molecular formula is C11H17N7OS. The summed E-state index contributed by atoms with van der Waals surface area (Å²) in [5.74, 6) is 5.71. The highest BCUT2D eigenvalue weighted by molar-refractivity contribution is 7.99. The maximum Gasteiger partial charge on any atom is 0.244 e. The summed E-state index contributed by atoms with van der Waals surface area (Å²) in [6.45, 7) is 4.67. The summed E-state index contributed by atoms with van der Waals surface area (Å²) in [7, 11) is 1.88. The maximum absolute atomic E-state index is 11.2. The number of nitrogens with one attached hydrogen (secondary N) is 1. The molecule has 0 saturated carbocycles. The molecule has 0 aromatic carbocycles. The lowest BCUT2D eigenvalue weighted by atomic mass is 10.3. The van der Waals surface area contributed by atoms with Crippen molar-refractivity contribution in [2.75, 3.05) is 5.75 Å². The number of hydrogen-bond donors (Lipinski definition) is 2. The highest BCUT2D eigenvalue weighted by Gasteiger charge is 2.16. The summed E-state index contributed by atoms with van der Waals surface area (Å²) in [5.41, 5.74) is 3.91. The molecule has 2 heterocycles. The van der Waals surface area contributed by atoms with Gasteiger partial charge in [-0.25, -0.2) is 5.84 Å². The van der Waals surface area contributed by atoms with Gasteiger partial charge in [-0.2, -0.15) is 5.10 Å². The molecule has 2 aromatic rings. The molecule has 0 bridgehead atoms. The number of hydrogen-bond acceptors (Lipinski definition) is 6. The van der Waals surface area contributed by atoms with Crippen LogP contribution in [0.25, 0.3) is 11.5 Å². The van der Waals surface area contributed by atoms with E-state index in [0.29, 0.717) is 17.5 Å². The van der Waals surface area contributed by atoms with Crippen LogP contribution in [0.5, 0.6) is 0 Å². The van der Waals surface area contributed by atoms with Crippen molar-refractivity contribution < 1.29 is 4.79 Å². The van der Waals surface area contributed by atoms with Gasteiger partial charge in [-0.3, -0.25) is 14.9 Å². The van der Waals surface area contributed by atoms with E-state index in [9.17, 15) is 4.79 Å². The third-order valence-corrected chi connectivity index (χ3v) is 3.84. The van der Waals surface area contributed by atoms with Crippen LogP contribution in [-0.4, -0.2) is 36.2 Å². The zero-order valence-electron chi connectivity index (χ0n) is 11.6. The average molecular weight is 295 g/mol. The molecule has 2 rings (SSSR count). The minimum absolute atomic E-state index is 0.204. The highest BCUT2D eigenvalue weighted by atomic mass is 32.2. The molecule has 3 N–H and O–H groups in total. The Hall–Kier alpha value is -1.87. The van der Waals surface area contributed by atoms with Gasteiger partial charge in [-0.05, 0) is 19.9 Å². The fourth-order valence-electron chi connectivity index (χ4n) is 1.71. The van der Waals surface area contributed by atoms with E-state index < -0.39 is 0 Å². The van der Waals surface area contributed by atoms with Gasteiger partial charge in [0.15, 0.2) is 11.0 Å². The van der Waals surface area contributed by atoms with E-state index >= 15 is 0 Å². The Labute approximate surface area is 120 Å². The molecule has 0 aliphatic heterocycles. The summed E-state index contributed by atoms with van der Waals surface area (Å²) in [5, 5.41) is 13.4. The van der Waals surface area contributed by atoms with E-state index in [1.54, 1.807) is 4.68 Å². The summed E-state index contributed by atoms with van der Waals surface area (Å²) in [6.07, 6.45) is 0. The van der Waals surface area contributed by atoms with Crippen LogP contribution in [0.3, 0.4) is 0 Å². The Morgan fingerprint density at radius 3 is 2.80 bits per heavy atom.